The molecule has 0 aliphatic carbocycles. The van der Waals surface area contributed by atoms with Gasteiger partial charge in [-0.25, -0.2) is 0 Å². The Hall–Kier alpha value is -2.13. The van der Waals surface area contributed by atoms with Crippen molar-refractivity contribution in [1.29, 1.82) is 0 Å². The molecule has 0 bridgehead atoms. The predicted octanol–water partition coefficient (Wildman–Crippen LogP) is 0.452. The summed E-state index contributed by atoms with van der Waals surface area (Å²) in [4.78, 5) is 45.0. The number of hydrogen-bond donors (Lipinski definition) is 5. The second-order valence-electron chi connectivity index (χ2n) is 2.60. The molecule has 0 aromatic rings. The fraction of sp³-hybridized carbons (Fsp3) is 0.500. The summed E-state index contributed by atoms with van der Waals surface area (Å²) in [6.07, 6.45) is 0. The Balaban J connectivity index is -0.0000000331. The molecule has 0 unspecified atom stereocenters. The van der Waals surface area contributed by atoms with Crippen molar-refractivity contribution in [3.05, 3.63) is 0 Å². The van der Waals surface area contributed by atoms with Gasteiger partial charge in [0, 0.05) is 51.7 Å². The summed E-state index contributed by atoms with van der Waals surface area (Å²) >= 11 is 0. The molecule has 10 nitrogen and oxygen atoms in total. The van der Waals surface area contributed by atoms with Gasteiger partial charge >= 0.3 is 0 Å². The van der Waals surface area contributed by atoms with E-state index in [9.17, 15) is 0 Å². The molecule has 0 aliphatic rings. The van der Waals surface area contributed by atoms with Crippen LogP contribution in [0.4, 0.5) is 0 Å². The molecule has 127 valence electrons. The van der Waals surface area contributed by atoms with Gasteiger partial charge in [-0.15, -0.1) is 0 Å². The van der Waals surface area contributed by atoms with E-state index in [0.717, 1.165) is 34.6 Å². The Bertz CT molecular complexity index is 211. The number of aliphatic carboxylic acids is 5. The first-order chi connectivity index (χ1) is 8.66. The molecule has 0 aliphatic heterocycles. The minimum Gasteiger partial charge on any atom is -0.481 e. The van der Waals surface area contributed by atoms with Gasteiger partial charge in [-0.3, -0.25) is 24.0 Å². The van der Waals surface area contributed by atoms with Gasteiger partial charge in [-0.2, -0.15) is 0 Å². The van der Waals surface area contributed by atoms with Gasteiger partial charge in [0.05, 0.1) is 0 Å². The molecule has 11 heteroatoms. The second-order valence-corrected chi connectivity index (χ2v) is 2.60. The third kappa shape index (κ3) is 991. The van der Waals surface area contributed by atoms with Crippen molar-refractivity contribution in [3.8, 4) is 0 Å². The molecule has 0 rings (SSSR count). The molecule has 0 spiro atoms. The Kier molecular flexibility index (Phi) is 53.2. The zero-order valence-electron chi connectivity index (χ0n) is 12.2. The number of carbonyl (C=O) groups is 5. The first-order valence-corrected chi connectivity index (χ1v) is 4.64. The standard InChI is InChI=1S/5C2H4O2.Mn/c5*1-2(3)4;/h5*1H3,(H,3,4);. The van der Waals surface area contributed by atoms with Crippen molar-refractivity contribution >= 4 is 29.8 Å². The van der Waals surface area contributed by atoms with Crippen LogP contribution in [-0.4, -0.2) is 55.4 Å². The molecule has 0 aromatic heterocycles. The Morgan fingerprint density at radius 3 is 0.429 bits per heavy atom. The monoisotopic (exact) mass is 355 g/mol. The average Bonchev–Trinajstić information content (AvgIpc) is 1.94. The number of carboxylic acids is 5. The van der Waals surface area contributed by atoms with Crippen LogP contribution < -0.4 is 0 Å². The van der Waals surface area contributed by atoms with Crippen LogP contribution in [0.2, 0.25) is 0 Å². The minimum atomic E-state index is -0.833. The topological polar surface area (TPSA) is 186 Å². The van der Waals surface area contributed by atoms with Crippen LogP contribution in [-0.2, 0) is 41.0 Å². The van der Waals surface area contributed by atoms with Crippen LogP contribution in [0, 0.1) is 0 Å². The number of hydrogen-bond acceptors (Lipinski definition) is 5. The van der Waals surface area contributed by atoms with Crippen molar-refractivity contribution in [2.75, 3.05) is 0 Å². The van der Waals surface area contributed by atoms with Crippen molar-refractivity contribution in [2.45, 2.75) is 34.6 Å². The summed E-state index contributed by atoms with van der Waals surface area (Å²) in [7, 11) is 0. The molecule has 0 amide bonds. The Morgan fingerprint density at radius 1 is 0.429 bits per heavy atom. The van der Waals surface area contributed by atoms with Crippen molar-refractivity contribution in [2.24, 2.45) is 0 Å². The molecule has 0 saturated heterocycles. The zero-order chi connectivity index (χ0) is 17.9. The van der Waals surface area contributed by atoms with Gasteiger partial charge in [-0.05, 0) is 0 Å². The van der Waals surface area contributed by atoms with Crippen molar-refractivity contribution < 1.29 is 66.6 Å². The van der Waals surface area contributed by atoms with Crippen molar-refractivity contribution in [3.63, 3.8) is 0 Å². The van der Waals surface area contributed by atoms with Crippen LogP contribution in [0.15, 0.2) is 0 Å². The van der Waals surface area contributed by atoms with Crippen LogP contribution in [0.5, 0.6) is 0 Å². The molecule has 0 aromatic carbocycles. The predicted molar refractivity (Wildman–Crippen MR) is 66.5 cm³/mol. The summed E-state index contributed by atoms with van der Waals surface area (Å²) in [6.45, 7) is 5.42. The number of rotatable bonds is 0. The molecule has 0 saturated carbocycles. The van der Waals surface area contributed by atoms with E-state index in [4.69, 9.17) is 49.5 Å². The minimum absolute atomic E-state index is 0. The van der Waals surface area contributed by atoms with E-state index in [2.05, 4.69) is 0 Å². The maximum atomic E-state index is 9.00. The zero-order valence-corrected chi connectivity index (χ0v) is 13.3. The summed E-state index contributed by atoms with van der Waals surface area (Å²) < 4.78 is 0. The Labute approximate surface area is 131 Å². The summed E-state index contributed by atoms with van der Waals surface area (Å²) in [5.41, 5.74) is 0. The van der Waals surface area contributed by atoms with E-state index in [1.165, 1.54) is 0 Å². The average molecular weight is 355 g/mol. The van der Waals surface area contributed by atoms with Gasteiger partial charge in [0.1, 0.15) is 0 Å². The number of carboxylic acid groups (broad SMARTS) is 5. The van der Waals surface area contributed by atoms with E-state index in [-0.39, 0.29) is 17.1 Å². The van der Waals surface area contributed by atoms with Gasteiger partial charge in [0.15, 0.2) is 0 Å². The maximum Gasteiger partial charge on any atom is 0.300 e. The molecule has 0 fully saturated rings. The smallest absolute Gasteiger partial charge is 0.300 e. The SMILES string of the molecule is CC(=O)O.CC(=O)O.CC(=O)O.CC(=O)O.CC(=O)O.[Mn]. The van der Waals surface area contributed by atoms with E-state index < -0.39 is 29.8 Å². The van der Waals surface area contributed by atoms with E-state index in [0.29, 0.717) is 0 Å². The van der Waals surface area contributed by atoms with Crippen LogP contribution in [0.3, 0.4) is 0 Å². The first-order valence-electron chi connectivity index (χ1n) is 4.64. The fourth-order valence-corrected chi connectivity index (χ4v) is 0. The summed E-state index contributed by atoms with van der Waals surface area (Å²) in [5, 5.41) is 37.1. The van der Waals surface area contributed by atoms with Gasteiger partial charge < -0.3 is 25.5 Å². The van der Waals surface area contributed by atoms with Crippen LogP contribution in [0.25, 0.3) is 0 Å². The third-order valence-electron chi connectivity index (χ3n) is 0. The van der Waals surface area contributed by atoms with Gasteiger partial charge in [-0.1, -0.05) is 0 Å². The third-order valence-corrected chi connectivity index (χ3v) is 0. The molecule has 5 N–H and O–H groups in total. The van der Waals surface area contributed by atoms with E-state index in [1.807, 2.05) is 0 Å². The summed E-state index contributed by atoms with van der Waals surface area (Å²) in [5.74, 6) is -4.17. The molecule has 0 heterocycles. The normalized spacial score (nSPS) is 5.95. The largest absolute Gasteiger partial charge is 0.481 e. The van der Waals surface area contributed by atoms with Crippen LogP contribution >= 0.6 is 0 Å². The Morgan fingerprint density at radius 2 is 0.429 bits per heavy atom. The molecular formula is C10H20MnO10. The molecule has 21 heavy (non-hydrogen) atoms. The molecule has 1 radical (unpaired) electrons. The maximum absolute atomic E-state index is 9.00. The van der Waals surface area contributed by atoms with E-state index >= 15 is 0 Å². The fourth-order valence-electron chi connectivity index (χ4n) is 0. The van der Waals surface area contributed by atoms with Crippen LogP contribution in [0.1, 0.15) is 34.6 Å². The van der Waals surface area contributed by atoms with Gasteiger partial charge in [0.25, 0.3) is 29.8 Å². The van der Waals surface area contributed by atoms with E-state index in [1.54, 1.807) is 0 Å². The quantitative estimate of drug-likeness (QED) is 0.382. The summed E-state index contributed by atoms with van der Waals surface area (Å²) in [6, 6.07) is 0. The van der Waals surface area contributed by atoms with Gasteiger partial charge in [0.2, 0.25) is 0 Å². The van der Waals surface area contributed by atoms with Crippen molar-refractivity contribution in [1.82, 2.24) is 0 Å². The first kappa shape index (κ1) is 36.4. The molecule has 0 atom stereocenters. The second kappa shape index (κ2) is 30.7. The molecular weight excluding hydrogens is 335 g/mol.